The van der Waals surface area contributed by atoms with Crippen molar-refractivity contribution in [1.29, 1.82) is 0 Å². The van der Waals surface area contributed by atoms with E-state index in [-0.39, 0.29) is 18.4 Å². The molecule has 15 heteroatoms. The normalized spacial score (nSPS) is 14.6. The second-order valence-corrected chi connectivity index (χ2v) is 9.38. The minimum absolute atomic E-state index is 0.154. The first-order chi connectivity index (χ1) is 18.3. The van der Waals surface area contributed by atoms with Crippen LogP contribution < -0.4 is 5.32 Å². The Hall–Kier alpha value is -2.61. The highest BCUT2D eigenvalue weighted by atomic mass is 19.4. The smallest absolute Gasteiger partial charge is 0.460 e. The van der Waals surface area contributed by atoms with E-state index < -0.39 is 60.9 Å². The molecule has 0 bridgehead atoms. The van der Waals surface area contributed by atoms with E-state index in [9.17, 15) is 57.9 Å². The molecule has 1 aromatic rings. The molecule has 2 N–H and O–H groups in total. The monoisotopic (exact) mass is 601 g/mol. The first-order valence-corrected chi connectivity index (χ1v) is 12.4. The average Bonchev–Trinajstić information content (AvgIpc) is 2.82. The molecule has 0 saturated heterocycles. The lowest BCUT2D eigenvalue weighted by atomic mass is 9.86. The van der Waals surface area contributed by atoms with Crippen LogP contribution in [0, 0.1) is 0 Å². The molecule has 0 aliphatic rings. The summed E-state index contributed by atoms with van der Waals surface area (Å²) in [6, 6.07) is 6.29. The zero-order valence-corrected chi connectivity index (χ0v) is 21.2. The van der Waals surface area contributed by atoms with Gasteiger partial charge in [0.1, 0.15) is 6.42 Å². The summed E-state index contributed by atoms with van der Waals surface area (Å²) in [5.41, 5.74) is -5.04. The number of benzene rings is 1. The quantitative estimate of drug-likeness (QED) is 0.0764. The van der Waals surface area contributed by atoms with Gasteiger partial charge in [-0.15, -0.1) is 0 Å². The van der Waals surface area contributed by atoms with Crippen LogP contribution in [-0.2, 0) is 4.79 Å². The fraction of sp³-hybridized carbons (Fsp3) is 0.680. The number of ketones is 1. The molecule has 0 saturated carbocycles. The van der Waals surface area contributed by atoms with Crippen LogP contribution in [0.25, 0.3) is 0 Å². The number of halogens is 11. The van der Waals surface area contributed by atoms with Gasteiger partial charge in [-0.3, -0.25) is 9.59 Å². The molecule has 0 amide bonds. The zero-order valence-electron chi connectivity index (χ0n) is 21.2. The molecule has 0 aliphatic heterocycles. The van der Waals surface area contributed by atoms with E-state index >= 15 is 0 Å². The highest BCUT2D eigenvalue weighted by Gasteiger charge is 2.85. The molecule has 1 unspecified atom stereocenters. The standard InChI is InChI=1S/C25H30F11NO3/c26-21(24(31,32)33,22(27,28)23(29,30)25(34,35)36)14-8-6-4-2-1-3-5-7-9-15-37-18-12-10-17(11-13-18)19(38)16-20(39)40/h10-13,37H,1-9,14-16H2,(H,39,40). The van der Waals surface area contributed by atoms with Crippen LogP contribution in [0.15, 0.2) is 24.3 Å². The summed E-state index contributed by atoms with van der Waals surface area (Å²) < 4.78 is 143. The molecule has 0 aromatic heterocycles. The van der Waals surface area contributed by atoms with Gasteiger partial charge in [0.25, 0.3) is 5.67 Å². The number of unbranched alkanes of at least 4 members (excludes halogenated alkanes) is 8. The minimum Gasteiger partial charge on any atom is -0.481 e. The number of rotatable bonds is 18. The van der Waals surface area contributed by atoms with Gasteiger partial charge in [0.05, 0.1) is 0 Å². The molecule has 0 aliphatic carbocycles. The minimum atomic E-state index is -7.21. The third kappa shape index (κ3) is 9.22. The van der Waals surface area contributed by atoms with Crippen molar-refractivity contribution < 1.29 is 63.0 Å². The van der Waals surface area contributed by atoms with Crippen LogP contribution in [0.4, 0.5) is 54.0 Å². The van der Waals surface area contributed by atoms with Gasteiger partial charge >= 0.3 is 30.2 Å². The lowest BCUT2D eigenvalue weighted by Gasteiger charge is -2.39. The Morgan fingerprint density at radius 1 is 0.625 bits per heavy atom. The van der Waals surface area contributed by atoms with E-state index in [1.54, 1.807) is 12.1 Å². The Morgan fingerprint density at radius 3 is 1.50 bits per heavy atom. The van der Waals surface area contributed by atoms with Gasteiger partial charge in [0.2, 0.25) is 0 Å². The summed E-state index contributed by atoms with van der Waals surface area (Å²) >= 11 is 0. The van der Waals surface area contributed by atoms with Crippen LogP contribution in [0.3, 0.4) is 0 Å². The molecule has 0 heterocycles. The van der Waals surface area contributed by atoms with Crippen LogP contribution in [-0.4, -0.2) is 53.3 Å². The Bertz CT molecular complexity index is 947. The zero-order chi connectivity index (χ0) is 30.8. The van der Waals surface area contributed by atoms with Gasteiger partial charge in [-0.05, 0) is 43.5 Å². The number of Topliss-reactive ketones (excluding diaryl/α,β-unsaturated/α-hetero) is 1. The molecule has 4 nitrogen and oxygen atoms in total. The molecule has 230 valence electrons. The third-order valence-corrected chi connectivity index (χ3v) is 6.24. The van der Waals surface area contributed by atoms with Crippen molar-refractivity contribution in [1.82, 2.24) is 0 Å². The van der Waals surface area contributed by atoms with Crippen molar-refractivity contribution in [2.24, 2.45) is 0 Å². The van der Waals surface area contributed by atoms with Crippen molar-refractivity contribution in [3.63, 3.8) is 0 Å². The van der Waals surface area contributed by atoms with Gasteiger partial charge in [0.15, 0.2) is 5.78 Å². The average molecular weight is 601 g/mol. The van der Waals surface area contributed by atoms with Crippen LogP contribution in [0.1, 0.15) is 81.0 Å². The SMILES string of the molecule is O=C(O)CC(=O)c1ccc(NCCCCCCCCCCCC(F)(C(F)(F)F)C(F)(F)C(F)(F)C(F)(F)F)cc1. The number of hydrogen-bond acceptors (Lipinski definition) is 3. The van der Waals surface area contributed by atoms with Crippen molar-refractivity contribution >= 4 is 17.4 Å². The first kappa shape index (κ1) is 35.4. The second-order valence-electron chi connectivity index (χ2n) is 9.38. The van der Waals surface area contributed by atoms with Gasteiger partial charge in [-0.1, -0.05) is 44.9 Å². The topological polar surface area (TPSA) is 66.4 Å². The maximum absolute atomic E-state index is 14.2. The predicted octanol–water partition coefficient (Wildman–Crippen LogP) is 8.76. The van der Waals surface area contributed by atoms with E-state index in [2.05, 4.69) is 5.32 Å². The van der Waals surface area contributed by atoms with Crippen LogP contribution in [0.5, 0.6) is 0 Å². The van der Waals surface area contributed by atoms with E-state index in [1.165, 1.54) is 12.1 Å². The highest BCUT2D eigenvalue weighted by molar-refractivity contribution is 6.05. The fourth-order valence-corrected chi connectivity index (χ4v) is 3.88. The maximum Gasteiger partial charge on any atom is 0.460 e. The number of carboxylic acids is 1. The number of alkyl halides is 11. The Kier molecular flexibility index (Phi) is 12.7. The molecule has 0 spiro atoms. The van der Waals surface area contributed by atoms with Crippen molar-refractivity contribution in [2.75, 3.05) is 11.9 Å². The summed E-state index contributed by atoms with van der Waals surface area (Å²) in [5, 5.41) is 11.8. The molecule has 1 atom stereocenters. The van der Waals surface area contributed by atoms with E-state index in [1.807, 2.05) is 0 Å². The number of carboxylic acid groups (broad SMARTS) is 1. The highest BCUT2D eigenvalue weighted by Crippen LogP contribution is 2.58. The Balaban J connectivity index is 2.30. The number of anilines is 1. The van der Waals surface area contributed by atoms with Gasteiger partial charge < -0.3 is 10.4 Å². The molecule has 0 fully saturated rings. The van der Waals surface area contributed by atoms with Gasteiger partial charge in [-0.25, -0.2) is 4.39 Å². The summed E-state index contributed by atoms with van der Waals surface area (Å²) in [5.74, 6) is -16.0. The van der Waals surface area contributed by atoms with E-state index in [4.69, 9.17) is 5.11 Å². The summed E-state index contributed by atoms with van der Waals surface area (Å²) in [6.45, 7) is 0.602. The Labute approximate surface area is 223 Å². The summed E-state index contributed by atoms with van der Waals surface area (Å²) in [7, 11) is 0. The second kappa shape index (κ2) is 14.3. The largest absolute Gasteiger partial charge is 0.481 e. The molecule has 1 aromatic carbocycles. The lowest BCUT2D eigenvalue weighted by molar-refractivity contribution is -0.412. The maximum atomic E-state index is 14.2. The molecule has 1 rings (SSSR count). The third-order valence-electron chi connectivity index (χ3n) is 6.24. The molecular weight excluding hydrogens is 571 g/mol. The van der Waals surface area contributed by atoms with Crippen LogP contribution in [0.2, 0.25) is 0 Å². The molecule has 40 heavy (non-hydrogen) atoms. The van der Waals surface area contributed by atoms with E-state index in [0.717, 1.165) is 24.9 Å². The van der Waals surface area contributed by atoms with Gasteiger partial charge in [0, 0.05) is 17.8 Å². The lowest BCUT2D eigenvalue weighted by Crippen LogP contribution is -2.67. The van der Waals surface area contributed by atoms with Crippen molar-refractivity contribution in [3.05, 3.63) is 29.8 Å². The van der Waals surface area contributed by atoms with Crippen molar-refractivity contribution in [2.45, 2.75) is 100 Å². The summed E-state index contributed by atoms with van der Waals surface area (Å²) in [6.07, 6.45) is -13.5. The fourth-order valence-electron chi connectivity index (χ4n) is 3.88. The van der Waals surface area contributed by atoms with Crippen LogP contribution >= 0.6 is 0 Å². The number of nitrogens with one attached hydrogen (secondary N) is 1. The Morgan fingerprint density at radius 2 is 1.07 bits per heavy atom. The first-order valence-electron chi connectivity index (χ1n) is 12.4. The summed E-state index contributed by atoms with van der Waals surface area (Å²) in [4.78, 5) is 22.2. The number of hydrogen-bond donors (Lipinski definition) is 2. The molecule has 0 radical (unpaired) electrons. The number of aliphatic carboxylic acids is 1. The number of carbonyl (C=O) groups excluding carboxylic acids is 1. The molecular formula is C25H30F11NO3. The van der Waals surface area contributed by atoms with Gasteiger partial charge in [-0.2, -0.15) is 43.9 Å². The van der Waals surface area contributed by atoms with E-state index in [0.29, 0.717) is 25.8 Å². The number of carbonyl (C=O) groups is 2. The predicted molar refractivity (Wildman–Crippen MR) is 124 cm³/mol. The van der Waals surface area contributed by atoms with Crippen molar-refractivity contribution in [3.8, 4) is 0 Å².